The Bertz CT molecular complexity index is 1060. The van der Waals surface area contributed by atoms with Crippen molar-refractivity contribution in [2.24, 2.45) is 0 Å². The van der Waals surface area contributed by atoms with Crippen LogP contribution in [0.2, 0.25) is 0 Å². The van der Waals surface area contributed by atoms with Crippen molar-refractivity contribution in [2.75, 3.05) is 29.6 Å². The summed E-state index contributed by atoms with van der Waals surface area (Å²) in [5, 5.41) is 12.1. The van der Waals surface area contributed by atoms with E-state index in [9.17, 15) is 9.59 Å². The first-order chi connectivity index (χ1) is 14.5. The number of ether oxygens (including phenoxy) is 1. The fraction of sp³-hybridized carbons (Fsp3) is 0.238. The van der Waals surface area contributed by atoms with Gasteiger partial charge in [0.2, 0.25) is 11.9 Å². The van der Waals surface area contributed by atoms with Crippen LogP contribution < -0.4 is 15.0 Å². The van der Waals surface area contributed by atoms with Crippen LogP contribution in [0.15, 0.2) is 53.7 Å². The summed E-state index contributed by atoms with van der Waals surface area (Å²) in [6.07, 6.45) is 0. The van der Waals surface area contributed by atoms with E-state index in [0.717, 1.165) is 30.5 Å². The lowest BCUT2D eigenvalue weighted by molar-refractivity contribution is -0.113. The van der Waals surface area contributed by atoms with Crippen LogP contribution in [-0.2, 0) is 11.3 Å². The number of fused-ring (bicyclic) bond motifs is 1. The third-order valence-electron chi connectivity index (χ3n) is 4.78. The first kappa shape index (κ1) is 20.0. The van der Waals surface area contributed by atoms with E-state index in [0.29, 0.717) is 16.4 Å². The van der Waals surface area contributed by atoms with Crippen molar-refractivity contribution in [3.8, 4) is 5.75 Å². The zero-order chi connectivity index (χ0) is 21.1. The molecule has 2 heterocycles. The van der Waals surface area contributed by atoms with Gasteiger partial charge in [-0.25, -0.2) is 0 Å². The molecule has 0 aliphatic carbocycles. The average Bonchev–Trinajstić information content (AvgIpc) is 3.35. The third kappa shape index (κ3) is 4.16. The van der Waals surface area contributed by atoms with E-state index in [2.05, 4.69) is 20.4 Å². The molecule has 9 heteroatoms. The summed E-state index contributed by atoms with van der Waals surface area (Å²) in [6.45, 7) is 3.06. The van der Waals surface area contributed by atoms with Gasteiger partial charge in [0.05, 0.1) is 12.9 Å². The molecule has 0 spiro atoms. The van der Waals surface area contributed by atoms with Crippen LogP contribution in [0.4, 0.5) is 17.3 Å². The van der Waals surface area contributed by atoms with E-state index in [4.69, 9.17) is 4.74 Å². The fourth-order valence-electron chi connectivity index (χ4n) is 3.21. The smallest absolute Gasteiger partial charge is 0.234 e. The predicted molar refractivity (Wildman–Crippen MR) is 116 cm³/mol. The first-order valence-electron chi connectivity index (χ1n) is 9.43. The molecule has 1 aliphatic heterocycles. The zero-order valence-corrected chi connectivity index (χ0v) is 17.5. The number of anilines is 3. The Balaban J connectivity index is 1.37. The van der Waals surface area contributed by atoms with E-state index < -0.39 is 0 Å². The van der Waals surface area contributed by atoms with Crippen LogP contribution >= 0.6 is 11.8 Å². The number of methoxy groups -OCH3 is 1. The van der Waals surface area contributed by atoms with E-state index in [-0.39, 0.29) is 17.4 Å². The Kier molecular flexibility index (Phi) is 5.71. The number of benzene rings is 2. The maximum Gasteiger partial charge on any atom is 0.234 e. The van der Waals surface area contributed by atoms with E-state index >= 15 is 0 Å². The number of hydrogen-bond donors (Lipinski definition) is 1. The normalized spacial score (nSPS) is 12.5. The van der Waals surface area contributed by atoms with Gasteiger partial charge in [-0.2, -0.15) is 0 Å². The molecular formula is C21H21N5O3S. The number of thioether (sulfide) groups is 1. The Morgan fingerprint density at radius 1 is 1.07 bits per heavy atom. The molecule has 1 aliphatic rings. The van der Waals surface area contributed by atoms with Gasteiger partial charge in [0.1, 0.15) is 5.75 Å². The summed E-state index contributed by atoms with van der Waals surface area (Å²) in [7, 11) is 1.64. The van der Waals surface area contributed by atoms with E-state index in [1.807, 2.05) is 28.8 Å². The molecule has 154 valence electrons. The number of amides is 1. The molecule has 8 nitrogen and oxygen atoms in total. The number of nitrogens with one attached hydrogen (secondary N) is 1. The van der Waals surface area contributed by atoms with Crippen LogP contribution in [0.1, 0.15) is 17.3 Å². The van der Waals surface area contributed by atoms with Crippen molar-refractivity contribution in [1.82, 2.24) is 14.8 Å². The summed E-state index contributed by atoms with van der Waals surface area (Å²) >= 11 is 1.35. The number of aromatic nitrogens is 3. The van der Waals surface area contributed by atoms with Crippen LogP contribution in [0.5, 0.6) is 5.75 Å². The largest absolute Gasteiger partial charge is 0.497 e. The third-order valence-corrected chi connectivity index (χ3v) is 5.74. The zero-order valence-electron chi connectivity index (χ0n) is 16.7. The highest BCUT2D eigenvalue weighted by Gasteiger charge is 2.26. The van der Waals surface area contributed by atoms with Crippen molar-refractivity contribution in [3.63, 3.8) is 0 Å². The monoisotopic (exact) mass is 423 g/mol. The van der Waals surface area contributed by atoms with Gasteiger partial charge in [-0.3, -0.25) is 14.2 Å². The fourth-order valence-corrected chi connectivity index (χ4v) is 3.97. The Labute approximate surface area is 178 Å². The van der Waals surface area contributed by atoms with Gasteiger partial charge in [-0.15, -0.1) is 10.2 Å². The van der Waals surface area contributed by atoms with Gasteiger partial charge >= 0.3 is 0 Å². The van der Waals surface area contributed by atoms with Crippen molar-refractivity contribution < 1.29 is 14.3 Å². The van der Waals surface area contributed by atoms with Gasteiger partial charge in [0, 0.05) is 30.0 Å². The minimum atomic E-state index is -0.141. The van der Waals surface area contributed by atoms with Gasteiger partial charge in [-0.1, -0.05) is 11.8 Å². The van der Waals surface area contributed by atoms with Gasteiger partial charge in [0.25, 0.3) is 0 Å². The van der Waals surface area contributed by atoms with Crippen LogP contribution in [-0.4, -0.2) is 45.9 Å². The van der Waals surface area contributed by atoms with Crippen molar-refractivity contribution >= 4 is 40.8 Å². The molecule has 1 N–H and O–H groups in total. The molecule has 30 heavy (non-hydrogen) atoms. The van der Waals surface area contributed by atoms with Crippen molar-refractivity contribution in [3.05, 3.63) is 54.1 Å². The highest BCUT2D eigenvalue weighted by Crippen LogP contribution is 2.32. The predicted octanol–water partition coefficient (Wildman–Crippen LogP) is 3.37. The Morgan fingerprint density at radius 3 is 2.47 bits per heavy atom. The van der Waals surface area contributed by atoms with Crippen molar-refractivity contribution in [2.45, 2.75) is 18.6 Å². The maximum atomic E-state index is 12.3. The molecule has 0 unspecified atom stereocenters. The number of ketones is 1. The number of nitrogens with zero attached hydrogens (tertiary/aromatic N) is 4. The SMILES string of the molecule is COc1ccc(N2CCn3c(SCC(=O)Nc4ccc(C(C)=O)cc4)nnc32)cc1. The number of rotatable bonds is 7. The van der Waals surface area contributed by atoms with Gasteiger partial charge in [-0.05, 0) is 55.5 Å². The number of Topliss-reactive ketones (excluding diaryl/α,β-unsaturated/α-hetero) is 1. The second kappa shape index (κ2) is 8.58. The number of carbonyl (C=O) groups is 2. The lowest BCUT2D eigenvalue weighted by atomic mass is 10.1. The van der Waals surface area contributed by atoms with Crippen LogP contribution in [0.25, 0.3) is 0 Å². The average molecular weight is 423 g/mol. The molecule has 0 bridgehead atoms. The Hall–Kier alpha value is -3.33. The number of hydrogen-bond acceptors (Lipinski definition) is 7. The molecule has 0 saturated heterocycles. The molecule has 3 aromatic rings. The lowest BCUT2D eigenvalue weighted by Crippen LogP contribution is -2.15. The molecule has 1 aromatic heterocycles. The maximum absolute atomic E-state index is 12.3. The lowest BCUT2D eigenvalue weighted by Gasteiger charge is -2.15. The van der Waals surface area contributed by atoms with Gasteiger partial charge in [0.15, 0.2) is 10.9 Å². The van der Waals surface area contributed by atoms with E-state index in [1.165, 1.54) is 18.7 Å². The topological polar surface area (TPSA) is 89.4 Å². The highest BCUT2D eigenvalue weighted by atomic mass is 32.2. The highest BCUT2D eigenvalue weighted by molar-refractivity contribution is 7.99. The second-order valence-electron chi connectivity index (χ2n) is 6.75. The molecule has 0 fully saturated rings. The summed E-state index contributed by atoms with van der Waals surface area (Å²) in [5.74, 6) is 1.64. The van der Waals surface area contributed by atoms with E-state index in [1.54, 1.807) is 31.4 Å². The first-order valence-corrected chi connectivity index (χ1v) is 10.4. The molecular weight excluding hydrogens is 402 g/mol. The molecule has 0 atom stereocenters. The number of carbonyl (C=O) groups excluding carboxylic acids is 2. The van der Waals surface area contributed by atoms with Crippen molar-refractivity contribution in [1.29, 1.82) is 0 Å². The summed E-state index contributed by atoms with van der Waals surface area (Å²) in [6, 6.07) is 14.6. The molecule has 0 radical (unpaired) electrons. The minimum absolute atomic E-state index is 0.00669. The molecule has 0 saturated carbocycles. The molecule has 4 rings (SSSR count). The standard InChI is InChI=1S/C21H21N5O3S/c1-14(27)15-3-5-16(6-4-15)22-19(28)13-30-21-24-23-20-25(11-12-26(20)21)17-7-9-18(29-2)10-8-17/h3-10H,11-13H2,1-2H3,(H,22,28). The summed E-state index contributed by atoms with van der Waals surface area (Å²) in [4.78, 5) is 25.7. The van der Waals surface area contributed by atoms with Crippen LogP contribution in [0, 0.1) is 0 Å². The second-order valence-corrected chi connectivity index (χ2v) is 7.70. The quantitative estimate of drug-likeness (QED) is 0.460. The Morgan fingerprint density at radius 2 is 1.80 bits per heavy atom. The molecule has 2 aromatic carbocycles. The summed E-state index contributed by atoms with van der Waals surface area (Å²) < 4.78 is 7.23. The van der Waals surface area contributed by atoms with Crippen LogP contribution in [0.3, 0.4) is 0 Å². The van der Waals surface area contributed by atoms with Gasteiger partial charge < -0.3 is 15.0 Å². The minimum Gasteiger partial charge on any atom is -0.497 e. The summed E-state index contributed by atoms with van der Waals surface area (Å²) in [5.41, 5.74) is 2.29. The molecule has 1 amide bonds.